The largest absolute Gasteiger partial charge is 0.379 e. The van der Waals surface area contributed by atoms with Crippen LogP contribution in [0.3, 0.4) is 0 Å². The van der Waals surface area contributed by atoms with Gasteiger partial charge in [0.05, 0.1) is 26.4 Å². The number of halogens is 1. The Hall–Kier alpha value is -0.610. The van der Waals surface area contributed by atoms with Gasteiger partial charge in [-0.2, -0.15) is 0 Å². The zero-order chi connectivity index (χ0) is 20.0. The molecule has 2 fully saturated rings. The highest BCUT2D eigenvalue weighted by Gasteiger charge is 2.31. The minimum Gasteiger partial charge on any atom is -0.379 e. The molecule has 2 unspecified atom stereocenters. The maximum atomic E-state index is 12.3. The zero-order valence-corrected chi connectivity index (χ0v) is 20.5. The molecule has 2 saturated carbocycles. The number of unbranched alkanes of at least 4 members (excludes halogenated alkanes) is 1. The predicted octanol–water partition coefficient (Wildman–Crippen LogP) is 2.83. The lowest BCUT2D eigenvalue weighted by atomic mass is 9.85. The molecule has 0 aliphatic heterocycles. The zero-order valence-electron chi connectivity index (χ0n) is 18.2. The van der Waals surface area contributed by atoms with Crippen LogP contribution in [0.5, 0.6) is 0 Å². The molecule has 1 amide bonds. The van der Waals surface area contributed by atoms with Gasteiger partial charge in [0.25, 0.3) is 0 Å². The molecule has 170 valence electrons. The van der Waals surface area contributed by atoms with Gasteiger partial charge < -0.3 is 25.4 Å². The minimum absolute atomic E-state index is 0. The van der Waals surface area contributed by atoms with Crippen LogP contribution >= 0.6 is 24.0 Å². The van der Waals surface area contributed by atoms with E-state index in [2.05, 4.69) is 34.8 Å². The van der Waals surface area contributed by atoms with E-state index in [0.717, 1.165) is 70.5 Å². The summed E-state index contributed by atoms with van der Waals surface area (Å²) in [6.07, 6.45) is 8.60. The van der Waals surface area contributed by atoms with Crippen LogP contribution in [0.1, 0.15) is 65.2 Å². The lowest BCUT2D eigenvalue weighted by molar-refractivity contribution is -0.126. The van der Waals surface area contributed by atoms with Crippen molar-refractivity contribution < 1.29 is 14.3 Å². The van der Waals surface area contributed by atoms with Crippen LogP contribution in [0.2, 0.25) is 0 Å². The summed E-state index contributed by atoms with van der Waals surface area (Å²) in [6, 6.07) is 0.742. The number of amides is 1. The number of guanidine groups is 1. The topological polar surface area (TPSA) is 84.0 Å². The molecule has 0 aromatic rings. The second-order valence-electron chi connectivity index (χ2n) is 7.83. The first-order valence-electron chi connectivity index (χ1n) is 11.2. The average Bonchev–Trinajstić information content (AvgIpc) is 3.51. The number of rotatable bonds is 13. The van der Waals surface area contributed by atoms with E-state index in [9.17, 15) is 4.79 Å². The summed E-state index contributed by atoms with van der Waals surface area (Å²) in [5.74, 6) is 1.19. The number of nitrogens with zero attached hydrogens (tertiary/aromatic N) is 1. The average molecular weight is 524 g/mol. The highest BCUT2D eigenvalue weighted by atomic mass is 127. The summed E-state index contributed by atoms with van der Waals surface area (Å²) in [5.41, 5.74) is 0. The molecule has 0 spiro atoms. The fourth-order valence-corrected chi connectivity index (χ4v) is 3.41. The smallest absolute Gasteiger partial charge is 0.223 e. The fourth-order valence-electron chi connectivity index (χ4n) is 3.41. The molecule has 29 heavy (non-hydrogen) atoms. The van der Waals surface area contributed by atoms with Crippen molar-refractivity contribution in [1.82, 2.24) is 16.0 Å². The van der Waals surface area contributed by atoms with E-state index in [4.69, 9.17) is 9.47 Å². The Morgan fingerprint density at radius 3 is 2.41 bits per heavy atom. The van der Waals surface area contributed by atoms with Gasteiger partial charge in [0, 0.05) is 31.2 Å². The number of carbonyl (C=O) groups is 1. The summed E-state index contributed by atoms with van der Waals surface area (Å²) >= 11 is 0. The van der Waals surface area contributed by atoms with Gasteiger partial charge in [-0.15, -0.1) is 24.0 Å². The molecule has 0 saturated heterocycles. The first-order chi connectivity index (χ1) is 13.7. The molecule has 2 rings (SSSR count). The van der Waals surface area contributed by atoms with E-state index in [-0.39, 0.29) is 35.8 Å². The number of hydrogen-bond donors (Lipinski definition) is 3. The van der Waals surface area contributed by atoms with Crippen molar-refractivity contribution in [1.29, 1.82) is 0 Å². The van der Waals surface area contributed by atoms with E-state index in [1.165, 1.54) is 0 Å². The molecule has 2 atom stereocenters. The summed E-state index contributed by atoms with van der Waals surface area (Å²) < 4.78 is 11.1. The third kappa shape index (κ3) is 12.0. The molecule has 0 aromatic carbocycles. The molecule has 3 N–H and O–H groups in total. The van der Waals surface area contributed by atoms with Gasteiger partial charge >= 0.3 is 0 Å². The summed E-state index contributed by atoms with van der Waals surface area (Å²) in [7, 11) is 0. The molecule has 0 heterocycles. The van der Waals surface area contributed by atoms with Crippen LogP contribution in [-0.2, 0) is 14.3 Å². The molecule has 0 aromatic heterocycles. The number of nitrogens with one attached hydrogen (secondary N) is 3. The predicted molar refractivity (Wildman–Crippen MR) is 128 cm³/mol. The van der Waals surface area contributed by atoms with Crippen molar-refractivity contribution in [2.45, 2.75) is 77.3 Å². The Bertz CT molecular complexity index is 475. The van der Waals surface area contributed by atoms with Gasteiger partial charge in [0.2, 0.25) is 5.91 Å². The number of hydrogen-bond acceptors (Lipinski definition) is 4. The van der Waals surface area contributed by atoms with Crippen LogP contribution in [-0.4, -0.2) is 63.5 Å². The van der Waals surface area contributed by atoms with Crippen molar-refractivity contribution in [3.63, 3.8) is 0 Å². The van der Waals surface area contributed by atoms with Crippen LogP contribution in [0.15, 0.2) is 4.99 Å². The van der Waals surface area contributed by atoms with Crippen LogP contribution in [0.25, 0.3) is 0 Å². The molecule has 0 bridgehead atoms. The first kappa shape index (κ1) is 26.4. The Balaban J connectivity index is 0.00000420. The van der Waals surface area contributed by atoms with Gasteiger partial charge in [-0.3, -0.25) is 9.79 Å². The molecular formula is C21H41IN4O3. The molecular weight excluding hydrogens is 483 g/mol. The van der Waals surface area contributed by atoms with Crippen molar-refractivity contribution >= 4 is 35.8 Å². The van der Waals surface area contributed by atoms with Gasteiger partial charge in [0.15, 0.2) is 5.96 Å². The quantitative estimate of drug-likeness (QED) is 0.149. The maximum absolute atomic E-state index is 12.3. The van der Waals surface area contributed by atoms with E-state index in [0.29, 0.717) is 38.4 Å². The monoisotopic (exact) mass is 524 g/mol. The van der Waals surface area contributed by atoms with Gasteiger partial charge in [-0.05, 0) is 45.4 Å². The number of aliphatic imine (C=N–C) groups is 1. The normalized spacial score (nSPS) is 21.9. The van der Waals surface area contributed by atoms with E-state index < -0.39 is 0 Å². The fraction of sp³-hybridized carbons (Fsp3) is 0.905. The number of ether oxygens (including phenoxy) is 2. The summed E-state index contributed by atoms with van der Waals surface area (Å²) in [6.45, 7) is 8.31. The molecule has 2 aliphatic rings. The Morgan fingerprint density at radius 1 is 0.966 bits per heavy atom. The summed E-state index contributed by atoms with van der Waals surface area (Å²) in [5, 5.41) is 9.97. The van der Waals surface area contributed by atoms with Crippen molar-refractivity contribution in [3.05, 3.63) is 0 Å². The highest BCUT2D eigenvalue weighted by molar-refractivity contribution is 14.0. The summed E-state index contributed by atoms with van der Waals surface area (Å²) in [4.78, 5) is 17.0. The molecule has 8 heteroatoms. The van der Waals surface area contributed by atoms with Gasteiger partial charge in [-0.25, -0.2) is 0 Å². The Morgan fingerprint density at radius 2 is 1.72 bits per heavy atom. The van der Waals surface area contributed by atoms with Gasteiger partial charge in [0.1, 0.15) is 0 Å². The van der Waals surface area contributed by atoms with E-state index in [1.54, 1.807) is 0 Å². The first-order valence-corrected chi connectivity index (χ1v) is 11.2. The molecule has 7 nitrogen and oxygen atoms in total. The molecule has 2 aliphatic carbocycles. The maximum Gasteiger partial charge on any atom is 0.223 e. The minimum atomic E-state index is 0. The standard InChI is InChI=1S/C21H40N4O3.HI/c1-3-5-12-27-14-15-28-13-11-23-21(22-4-2)25-19-8-6-7-17(16-19)20(26)24-18-9-10-18;/h17-19H,3-16H2,1-2H3,(H,24,26)(H2,22,23,25);1H. The van der Waals surface area contributed by atoms with E-state index >= 15 is 0 Å². The van der Waals surface area contributed by atoms with Crippen LogP contribution < -0.4 is 16.0 Å². The van der Waals surface area contributed by atoms with Crippen molar-refractivity contribution in [2.24, 2.45) is 10.9 Å². The Labute approximate surface area is 193 Å². The third-order valence-electron chi connectivity index (χ3n) is 5.17. The van der Waals surface area contributed by atoms with Gasteiger partial charge in [-0.1, -0.05) is 19.8 Å². The lowest BCUT2D eigenvalue weighted by Gasteiger charge is -2.30. The second kappa shape index (κ2) is 16.1. The highest BCUT2D eigenvalue weighted by Crippen LogP contribution is 2.26. The van der Waals surface area contributed by atoms with Crippen molar-refractivity contribution in [3.8, 4) is 0 Å². The number of carbonyl (C=O) groups excluding carboxylic acids is 1. The van der Waals surface area contributed by atoms with Crippen molar-refractivity contribution in [2.75, 3.05) is 39.5 Å². The SMILES string of the molecule is CCCCOCCOCCN=C(NCC)NC1CCCC(C(=O)NC2CC2)C1.I. The Kier molecular flexibility index (Phi) is 14.7. The third-order valence-corrected chi connectivity index (χ3v) is 5.17. The lowest BCUT2D eigenvalue weighted by Crippen LogP contribution is -2.47. The molecule has 0 radical (unpaired) electrons. The van der Waals surface area contributed by atoms with Crippen LogP contribution in [0, 0.1) is 5.92 Å². The second-order valence-corrected chi connectivity index (χ2v) is 7.83. The van der Waals surface area contributed by atoms with Crippen LogP contribution in [0.4, 0.5) is 0 Å². The van der Waals surface area contributed by atoms with E-state index in [1.807, 2.05) is 0 Å².